The molecule has 126 valence electrons. The number of nitrogens with zero attached hydrogens (tertiary/aromatic N) is 3. The van der Waals surface area contributed by atoms with E-state index in [0.29, 0.717) is 19.5 Å². The van der Waals surface area contributed by atoms with Gasteiger partial charge in [-0.3, -0.25) is 4.79 Å². The second kappa shape index (κ2) is 7.13. The van der Waals surface area contributed by atoms with Crippen LogP contribution >= 0.6 is 11.3 Å². The summed E-state index contributed by atoms with van der Waals surface area (Å²) in [6.45, 7) is 1.35. The van der Waals surface area contributed by atoms with Gasteiger partial charge in [-0.1, -0.05) is 24.3 Å². The number of rotatable bonds is 5. The first-order valence-corrected chi connectivity index (χ1v) is 9.11. The van der Waals surface area contributed by atoms with Crippen LogP contribution in [0.4, 0.5) is 5.69 Å². The van der Waals surface area contributed by atoms with Crippen molar-refractivity contribution >= 4 is 22.9 Å². The first-order chi connectivity index (χ1) is 12.3. The first kappa shape index (κ1) is 15.9. The van der Waals surface area contributed by atoms with E-state index in [-0.39, 0.29) is 11.9 Å². The maximum atomic E-state index is 12.2. The lowest BCUT2D eigenvalue weighted by atomic mass is 10.2. The van der Waals surface area contributed by atoms with Gasteiger partial charge in [-0.2, -0.15) is 0 Å². The summed E-state index contributed by atoms with van der Waals surface area (Å²) in [5.74, 6) is 0.915. The Kier molecular flexibility index (Phi) is 4.54. The number of hydrogen-bond acceptors (Lipinski definition) is 5. The summed E-state index contributed by atoms with van der Waals surface area (Å²) in [6.07, 6.45) is 4.21. The Hall–Kier alpha value is -2.57. The molecule has 1 N–H and O–H groups in total. The van der Waals surface area contributed by atoms with Gasteiger partial charge in [0, 0.05) is 49.2 Å². The minimum Gasteiger partial charge on any atom is -0.311 e. The molecule has 1 fully saturated rings. The van der Waals surface area contributed by atoms with Crippen molar-refractivity contribution in [2.24, 2.45) is 0 Å². The Morgan fingerprint density at radius 2 is 1.92 bits per heavy atom. The number of aromatic nitrogens is 2. The van der Waals surface area contributed by atoms with Gasteiger partial charge in [0.25, 0.3) is 0 Å². The summed E-state index contributed by atoms with van der Waals surface area (Å²) in [7, 11) is 0. The molecule has 0 aliphatic carbocycles. The molecule has 4 rings (SSSR count). The van der Waals surface area contributed by atoms with E-state index in [1.807, 2.05) is 65.1 Å². The molecule has 0 spiro atoms. The lowest BCUT2D eigenvalue weighted by Gasteiger charge is -2.17. The second-order valence-electron chi connectivity index (χ2n) is 6.01. The van der Waals surface area contributed by atoms with E-state index in [4.69, 9.17) is 0 Å². The van der Waals surface area contributed by atoms with E-state index < -0.39 is 0 Å². The van der Waals surface area contributed by atoms with E-state index in [1.54, 1.807) is 11.3 Å². The fourth-order valence-corrected chi connectivity index (χ4v) is 3.61. The van der Waals surface area contributed by atoms with Crippen molar-refractivity contribution in [1.29, 1.82) is 0 Å². The predicted octanol–water partition coefficient (Wildman–Crippen LogP) is 3.10. The van der Waals surface area contributed by atoms with Crippen LogP contribution in [0.2, 0.25) is 0 Å². The smallest absolute Gasteiger partial charge is 0.228 e. The number of carbonyl (C=O) groups is 1. The largest absolute Gasteiger partial charge is 0.311 e. The highest BCUT2D eigenvalue weighted by molar-refractivity contribution is 7.13. The molecule has 2 aromatic heterocycles. The van der Waals surface area contributed by atoms with Gasteiger partial charge in [-0.15, -0.1) is 11.3 Å². The first-order valence-electron chi connectivity index (χ1n) is 8.23. The Bertz CT molecular complexity index is 834. The topological polar surface area (TPSA) is 58.1 Å². The standard InChI is InChI=1S/C19H18N4OS/c24-18-9-15(13-23(18)16-5-2-1-3-6-16)20-10-14-11-21-19(22-12-14)17-7-4-8-25-17/h1-8,11-12,15,20H,9-10,13H2/t15-/m0/s1. The Morgan fingerprint density at radius 3 is 2.64 bits per heavy atom. The number of nitrogens with one attached hydrogen (secondary N) is 1. The molecular weight excluding hydrogens is 332 g/mol. The van der Waals surface area contributed by atoms with E-state index >= 15 is 0 Å². The third-order valence-electron chi connectivity index (χ3n) is 4.23. The van der Waals surface area contributed by atoms with Gasteiger partial charge < -0.3 is 10.2 Å². The van der Waals surface area contributed by atoms with Gasteiger partial charge in [-0.05, 0) is 23.6 Å². The third-order valence-corrected chi connectivity index (χ3v) is 5.10. The molecule has 1 aliphatic rings. The molecule has 3 heterocycles. The molecule has 1 amide bonds. The van der Waals surface area contributed by atoms with Gasteiger partial charge in [0.2, 0.25) is 5.91 Å². The minimum atomic E-state index is 0.143. The van der Waals surface area contributed by atoms with Gasteiger partial charge in [-0.25, -0.2) is 9.97 Å². The molecule has 0 unspecified atom stereocenters. The van der Waals surface area contributed by atoms with E-state index in [0.717, 1.165) is 22.0 Å². The Balaban J connectivity index is 1.35. The number of anilines is 1. The van der Waals surface area contributed by atoms with Crippen LogP contribution in [0.1, 0.15) is 12.0 Å². The van der Waals surface area contributed by atoms with Crippen molar-refractivity contribution < 1.29 is 4.79 Å². The number of carbonyl (C=O) groups excluding carboxylic acids is 1. The second-order valence-corrected chi connectivity index (χ2v) is 6.96. The molecule has 0 bridgehead atoms. The van der Waals surface area contributed by atoms with Crippen LogP contribution in [0, 0.1) is 0 Å². The van der Waals surface area contributed by atoms with Crippen LogP contribution in [0.5, 0.6) is 0 Å². The van der Waals surface area contributed by atoms with E-state index in [2.05, 4.69) is 15.3 Å². The Morgan fingerprint density at radius 1 is 1.12 bits per heavy atom. The maximum Gasteiger partial charge on any atom is 0.228 e. The molecule has 3 aromatic rings. The molecule has 1 atom stereocenters. The van der Waals surface area contributed by atoms with Crippen molar-refractivity contribution in [3.63, 3.8) is 0 Å². The van der Waals surface area contributed by atoms with Crippen molar-refractivity contribution in [2.75, 3.05) is 11.4 Å². The monoisotopic (exact) mass is 350 g/mol. The number of benzene rings is 1. The van der Waals surface area contributed by atoms with Gasteiger partial charge in [0.1, 0.15) is 0 Å². The normalized spacial score (nSPS) is 17.2. The summed E-state index contributed by atoms with van der Waals surface area (Å²) in [5.41, 5.74) is 1.98. The van der Waals surface area contributed by atoms with Crippen LogP contribution in [-0.2, 0) is 11.3 Å². The minimum absolute atomic E-state index is 0.143. The zero-order valence-electron chi connectivity index (χ0n) is 13.6. The molecule has 1 saturated heterocycles. The molecule has 1 aliphatic heterocycles. The highest BCUT2D eigenvalue weighted by Gasteiger charge is 2.30. The quantitative estimate of drug-likeness (QED) is 0.768. The number of thiophene rings is 1. The third kappa shape index (κ3) is 3.60. The average Bonchev–Trinajstić information content (AvgIpc) is 3.31. The highest BCUT2D eigenvalue weighted by atomic mass is 32.1. The molecule has 0 saturated carbocycles. The highest BCUT2D eigenvalue weighted by Crippen LogP contribution is 2.22. The van der Waals surface area contributed by atoms with Crippen molar-refractivity contribution in [2.45, 2.75) is 19.0 Å². The zero-order chi connectivity index (χ0) is 17.1. The number of para-hydroxylation sites is 1. The molecule has 0 radical (unpaired) electrons. The summed E-state index contributed by atoms with van der Waals surface area (Å²) < 4.78 is 0. The SMILES string of the molecule is O=C1C[C@H](NCc2cnc(-c3cccs3)nc2)CN1c1ccccc1. The average molecular weight is 350 g/mol. The van der Waals surface area contributed by atoms with Gasteiger partial charge >= 0.3 is 0 Å². The van der Waals surface area contributed by atoms with Gasteiger partial charge in [0.05, 0.1) is 4.88 Å². The lowest BCUT2D eigenvalue weighted by Crippen LogP contribution is -2.32. The van der Waals surface area contributed by atoms with Crippen LogP contribution in [-0.4, -0.2) is 28.5 Å². The van der Waals surface area contributed by atoms with Crippen molar-refractivity contribution in [3.05, 3.63) is 65.8 Å². The molecular formula is C19H18N4OS. The predicted molar refractivity (Wildman–Crippen MR) is 99.4 cm³/mol. The maximum absolute atomic E-state index is 12.2. The molecule has 1 aromatic carbocycles. The number of amides is 1. The van der Waals surface area contributed by atoms with Crippen LogP contribution in [0.15, 0.2) is 60.2 Å². The fraction of sp³-hybridized carbons (Fsp3) is 0.211. The van der Waals surface area contributed by atoms with Crippen LogP contribution in [0.3, 0.4) is 0 Å². The molecule has 25 heavy (non-hydrogen) atoms. The zero-order valence-corrected chi connectivity index (χ0v) is 14.4. The lowest BCUT2D eigenvalue weighted by molar-refractivity contribution is -0.117. The van der Waals surface area contributed by atoms with Crippen molar-refractivity contribution in [3.8, 4) is 10.7 Å². The summed E-state index contributed by atoms with van der Waals surface area (Å²) in [5, 5.41) is 5.46. The summed E-state index contributed by atoms with van der Waals surface area (Å²) in [6, 6.07) is 14.0. The Labute approximate surface area is 150 Å². The van der Waals surface area contributed by atoms with Crippen LogP contribution < -0.4 is 10.2 Å². The molecule has 5 nitrogen and oxygen atoms in total. The van der Waals surface area contributed by atoms with Gasteiger partial charge in [0.15, 0.2) is 5.82 Å². The van der Waals surface area contributed by atoms with E-state index in [1.165, 1.54) is 0 Å². The summed E-state index contributed by atoms with van der Waals surface area (Å²) >= 11 is 1.63. The van der Waals surface area contributed by atoms with E-state index in [9.17, 15) is 4.79 Å². The number of hydrogen-bond donors (Lipinski definition) is 1. The van der Waals surface area contributed by atoms with Crippen molar-refractivity contribution in [1.82, 2.24) is 15.3 Å². The summed E-state index contributed by atoms with van der Waals surface area (Å²) in [4.78, 5) is 24.0. The van der Waals surface area contributed by atoms with Crippen LogP contribution in [0.25, 0.3) is 10.7 Å². The fourth-order valence-electron chi connectivity index (χ4n) is 2.94. The molecule has 6 heteroatoms.